The molecule has 0 spiro atoms. The van der Waals surface area contributed by atoms with Crippen molar-refractivity contribution in [3.05, 3.63) is 51.1 Å². The SMILES string of the molecule is NC1(c2noc(CCn3cnc4ccc(Br)cc4c3=O)n2)CCC1. The van der Waals surface area contributed by atoms with Gasteiger partial charge in [0, 0.05) is 17.4 Å². The molecule has 8 heteroatoms. The van der Waals surface area contributed by atoms with Gasteiger partial charge in [0.15, 0.2) is 5.82 Å². The van der Waals surface area contributed by atoms with Crippen LogP contribution in [0.1, 0.15) is 31.0 Å². The molecule has 1 saturated carbocycles. The summed E-state index contributed by atoms with van der Waals surface area (Å²) in [6.45, 7) is 0.424. The zero-order valence-corrected chi connectivity index (χ0v) is 14.5. The van der Waals surface area contributed by atoms with Crippen molar-refractivity contribution in [1.82, 2.24) is 19.7 Å². The number of fused-ring (bicyclic) bond motifs is 1. The Balaban J connectivity index is 1.55. The maximum Gasteiger partial charge on any atom is 0.261 e. The molecule has 3 aromatic rings. The van der Waals surface area contributed by atoms with Crippen LogP contribution in [-0.2, 0) is 18.5 Å². The van der Waals surface area contributed by atoms with E-state index in [9.17, 15) is 4.79 Å². The molecule has 0 amide bonds. The molecule has 0 atom stereocenters. The Kier molecular flexibility index (Phi) is 3.73. The lowest BCUT2D eigenvalue weighted by atomic mass is 9.77. The van der Waals surface area contributed by atoms with E-state index in [-0.39, 0.29) is 5.56 Å². The predicted octanol–water partition coefficient (Wildman–Crippen LogP) is 2.12. The molecule has 2 heterocycles. The highest BCUT2D eigenvalue weighted by molar-refractivity contribution is 9.10. The molecule has 7 nitrogen and oxygen atoms in total. The lowest BCUT2D eigenvalue weighted by molar-refractivity contribution is 0.229. The van der Waals surface area contributed by atoms with E-state index in [1.165, 1.54) is 0 Å². The minimum Gasteiger partial charge on any atom is -0.339 e. The molecule has 0 bridgehead atoms. The molecule has 1 aromatic carbocycles. The van der Waals surface area contributed by atoms with Crippen LogP contribution >= 0.6 is 15.9 Å². The van der Waals surface area contributed by atoms with Crippen LogP contribution in [0.3, 0.4) is 0 Å². The van der Waals surface area contributed by atoms with Gasteiger partial charge in [-0.3, -0.25) is 9.36 Å². The van der Waals surface area contributed by atoms with Gasteiger partial charge in [-0.05, 0) is 37.5 Å². The van der Waals surface area contributed by atoms with E-state index in [1.807, 2.05) is 12.1 Å². The first-order chi connectivity index (χ1) is 11.5. The van der Waals surface area contributed by atoms with Crippen molar-refractivity contribution >= 4 is 26.8 Å². The Bertz CT molecular complexity index is 961. The maximum atomic E-state index is 12.5. The summed E-state index contributed by atoms with van der Waals surface area (Å²) in [7, 11) is 0. The van der Waals surface area contributed by atoms with E-state index < -0.39 is 5.54 Å². The van der Waals surface area contributed by atoms with Crippen LogP contribution in [0.4, 0.5) is 0 Å². The second-order valence-electron chi connectivity index (χ2n) is 6.18. The molecule has 1 aliphatic carbocycles. The molecule has 4 rings (SSSR count). The molecular formula is C16H16BrN5O2. The molecule has 2 N–H and O–H groups in total. The van der Waals surface area contributed by atoms with Gasteiger partial charge in [0.1, 0.15) is 0 Å². The summed E-state index contributed by atoms with van der Waals surface area (Å²) in [5, 5.41) is 4.56. The monoisotopic (exact) mass is 389 g/mol. The molecule has 0 radical (unpaired) electrons. The second kappa shape index (κ2) is 5.78. The van der Waals surface area contributed by atoms with Gasteiger partial charge in [-0.1, -0.05) is 21.1 Å². The van der Waals surface area contributed by atoms with Gasteiger partial charge in [0.25, 0.3) is 5.56 Å². The Hall–Kier alpha value is -2.06. The van der Waals surface area contributed by atoms with Crippen molar-refractivity contribution in [1.29, 1.82) is 0 Å². The van der Waals surface area contributed by atoms with Crippen LogP contribution in [0.5, 0.6) is 0 Å². The third kappa shape index (κ3) is 2.65. The Morgan fingerprint density at radius 1 is 1.38 bits per heavy atom. The average molecular weight is 390 g/mol. The fourth-order valence-electron chi connectivity index (χ4n) is 2.85. The zero-order valence-electron chi connectivity index (χ0n) is 12.9. The normalized spacial score (nSPS) is 16.2. The van der Waals surface area contributed by atoms with Crippen LogP contribution in [-0.4, -0.2) is 19.7 Å². The summed E-state index contributed by atoms with van der Waals surface area (Å²) in [5.41, 5.74) is 6.34. The second-order valence-corrected chi connectivity index (χ2v) is 7.09. The molecule has 0 aliphatic heterocycles. The third-order valence-corrected chi connectivity index (χ3v) is 5.01. The third-order valence-electron chi connectivity index (χ3n) is 4.51. The lowest BCUT2D eigenvalue weighted by Crippen LogP contribution is -2.44. The van der Waals surface area contributed by atoms with E-state index >= 15 is 0 Å². The minimum atomic E-state index is -0.435. The van der Waals surface area contributed by atoms with Crippen molar-refractivity contribution in [2.45, 2.75) is 37.8 Å². The molecule has 0 unspecified atom stereocenters. The lowest BCUT2D eigenvalue weighted by Gasteiger charge is -2.34. The highest BCUT2D eigenvalue weighted by Crippen LogP contribution is 2.36. The summed E-state index contributed by atoms with van der Waals surface area (Å²) in [6.07, 6.45) is 4.87. The number of aryl methyl sites for hydroxylation is 2. The van der Waals surface area contributed by atoms with E-state index in [1.54, 1.807) is 17.0 Å². The van der Waals surface area contributed by atoms with Crippen LogP contribution < -0.4 is 11.3 Å². The molecule has 1 fully saturated rings. The Morgan fingerprint density at radius 3 is 2.96 bits per heavy atom. The quantitative estimate of drug-likeness (QED) is 0.733. The van der Waals surface area contributed by atoms with E-state index in [0.29, 0.717) is 35.6 Å². The number of benzene rings is 1. The predicted molar refractivity (Wildman–Crippen MR) is 91.4 cm³/mol. The average Bonchev–Trinajstić information content (AvgIpc) is 3.02. The topological polar surface area (TPSA) is 99.8 Å². The number of rotatable bonds is 4. The van der Waals surface area contributed by atoms with Crippen LogP contribution in [0, 0.1) is 0 Å². The van der Waals surface area contributed by atoms with Gasteiger partial charge in [-0.2, -0.15) is 4.98 Å². The summed E-state index contributed by atoms with van der Waals surface area (Å²) in [5.74, 6) is 1.06. The molecular weight excluding hydrogens is 374 g/mol. The number of halogens is 1. The van der Waals surface area contributed by atoms with Crippen molar-refractivity contribution in [3.63, 3.8) is 0 Å². The van der Waals surface area contributed by atoms with Gasteiger partial charge < -0.3 is 10.3 Å². The molecule has 24 heavy (non-hydrogen) atoms. The van der Waals surface area contributed by atoms with Gasteiger partial charge in [-0.15, -0.1) is 0 Å². The molecule has 124 valence electrons. The van der Waals surface area contributed by atoms with Crippen LogP contribution in [0.15, 0.2) is 38.3 Å². The van der Waals surface area contributed by atoms with E-state index in [4.69, 9.17) is 10.3 Å². The molecule has 1 aliphatic rings. The van der Waals surface area contributed by atoms with Crippen LogP contribution in [0.2, 0.25) is 0 Å². The van der Waals surface area contributed by atoms with Crippen molar-refractivity contribution < 1.29 is 4.52 Å². The minimum absolute atomic E-state index is 0.0877. The molecule has 2 aromatic heterocycles. The first kappa shape index (κ1) is 15.5. The zero-order chi connectivity index (χ0) is 16.7. The van der Waals surface area contributed by atoms with Crippen molar-refractivity contribution in [2.75, 3.05) is 0 Å². The van der Waals surface area contributed by atoms with Gasteiger partial charge >= 0.3 is 0 Å². The fourth-order valence-corrected chi connectivity index (χ4v) is 3.21. The maximum absolute atomic E-state index is 12.5. The van der Waals surface area contributed by atoms with Gasteiger partial charge in [-0.25, -0.2) is 4.98 Å². The summed E-state index contributed by atoms with van der Waals surface area (Å²) in [4.78, 5) is 21.2. The summed E-state index contributed by atoms with van der Waals surface area (Å²) in [6, 6.07) is 5.46. The van der Waals surface area contributed by atoms with E-state index in [0.717, 1.165) is 23.7 Å². The van der Waals surface area contributed by atoms with Crippen molar-refractivity contribution in [3.8, 4) is 0 Å². The number of hydrogen-bond donors (Lipinski definition) is 1. The first-order valence-electron chi connectivity index (χ1n) is 7.82. The highest BCUT2D eigenvalue weighted by Gasteiger charge is 2.38. The first-order valence-corrected chi connectivity index (χ1v) is 8.61. The standard InChI is InChI=1S/C16H16BrN5O2/c17-10-2-3-12-11(8-10)14(23)22(9-19-12)7-4-13-20-15(21-24-13)16(18)5-1-6-16/h2-3,8-9H,1,4-7,18H2. The van der Waals surface area contributed by atoms with Crippen molar-refractivity contribution in [2.24, 2.45) is 5.73 Å². The number of nitrogens with two attached hydrogens (primary N) is 1. The summed E-state index contributed by atoms with van der Waals surface area (Å²) < 4.78 is 7.68. The van der Waals surface area contributed by atoms with Gasteiger partial charge in [0.05, 0.1) is 22.8 Å². The van der Waals surface area contributed by atoms with Gasteiger partial charge in [0.2, 0.25) is 5.89 Å². The Labute approximate surface area is 146 Å². The smallest absolute Gasteiger partial charge is 0.261 e. The summed E-state index contributed by atoms with van der Waals surface area (Å²) >= 11 is 3.38. The van der Waals surface area contributed by atoms with E-state index in [2.05, 4.69) is 31.1 Å². The number of aromatic nitrogens is 4. The largest absolute Gasteiger partial charge is 0.339 e. The highest BCUT2D eigenvalue weighted by atomic mass is 79.9. The molecule has 0 saturated heterocycles. The number of nitrogens with zero attached hydrogens (tertiary/aromatic N) is 4. The van der Waals surface area contributed by atoms with Crippen LogP contribution in [0.25, 0.3) is 10.9 Å². The number of hydrogen-bond acceptors (Lipinski definition) is 6. The fraction of sp³-hybridized carbons (Fsp3) is 0.375. The Morgan fingerprint density at radius 2 is 2.21 bits per heavy atom.